The van der Waals surface area contributed by atoms with Crippen molar-refractivity contribution in [3.8, 4) is 0 Å². The fourth-order valence-electron chi connectivity index (χ4n) is 2.87. The van der Waals surface area contributed by atoms with E-state index in [1.807, 2.05) is 7.05 Å². The molecule has 1 aliphatic carbocycles. The van der Waals surface area contributed by atoms with Crippen LogP contribution in [0.15, 0.2) is 0 Å². The van der Waals surface area contributed by atoms with E-state index in [4.69, 9.17) is 0 Å². The van der Waals surface area contributed by atoms with E-state index in [2.05, 4.69) is 24.1 Å². The topological polar surface area (TPSA) is 69.7 Å². The van der Waals surface area contributed by atoms with E-state index in [1.165, 1.54) is 4.90 Å². The van der Waals surface area contributed by atoms with E-state index in [0.29, 0.717) is 32.0 Å². The van der Waals surface area contributed by atoms with Crippen LogP contribution in [0.2, 0.25) is 0 Å². The molecule has 1 aliphatic heterocycles. The fraction of sp³-hybridized carbons (Fsp3) is 0.786. The van der Waals surface area contributed by atoms with Crippen molar-refractivity contribution in [1.29, 1.82) is 0 Å². The molecule has 1 spiro atoms. The molecule has 1 heterocycles. The molecule has 2 rings (SSSR count). The zero-order chi connectivity index (χ0) is 14.9. The van der Waals surface area contributed by atoms with Gasteiger partial charge in [0.15, 0.2) is 0 Å². The monoisotopic (exact) mass is 281 g/mol. The molecule has 112 valence electrons. The van der Waals surface area contributed by atoms with E-state index in [-0.39, 0.29) is 5.91 Å². The van der Waals surface area contributed by atoms with Gasteiger partial charge in [-0.15, -0.1) is 0 Å². The summed E-state index contributed by atoms with van der Waals surface area (Å²) >= 11 is 0. The number of hydrogen-bond acceptors (Lipinski definition) is 4. The number of nitrogens with zero attached hydrogens (tertiary/aromatic N) is 2. The van der Waals surface area contributed by atoms with Crippen LogP contribution in [0.25, 0.3) is 0 Å². The predicted octanol–water partition coefficient (Wildman–Crippen LogP) is 0.965. The molecule has 1 saturated carbocycles. The molecule has 2 aliphatic rings. The van der Waals surface area contributed by atoms with Gasteiger partial charge in [-0.1, -0.05) is 12.8 Å². The van der Waals surface area contributed by atoms with Gasteiger partial charge in [0.25, 0.3) is 0 Å². The maximum Gasteiger partial charge on any atom is 0.330 e. The number of imide groups is 2. The highest BCUT2D eigenvalue weighted by molar-refractivity contribution is 6.19. The minimum Gasteiger partial charge on any atom is -0.302 e. The van der Waals surface area contributed by atoms with E-state index >= 15 is 0 Å². The number of barbiturate groups is 1. The number of amides is 4. The van der Waals surface area contributed by atoms with Gasteiger partial charge in [-0.3, -0.25) is 19.8 Å². The van der Waals surface area contributed by atoms with Crippen molar-refractivity contribution in [3.63, 3.8) is 0 Å². The quantitative estimate of drug-likeness (QED) is 0.779. The highest BCUT2D eigenvalue weighted by Gasteiger charge is 2.54. The molecule has 0 unspecified atom stereocenters. The summed E-state index contributed by atoms with van der Waals surface area (Å²) in [5.41, 5.74) is -0.982. The molecule has 2 fully saturated rings. The summed E-state index contributed by atoms with van der Waals surface area (Å²) < 4.78 is 0. The van der Waals surface area contributed by atoms with Gasteiger partial charge < -0.3 is 4.90 Å². The van der Waals surface area contributed by atoms with Gasteiger partial charge in [0.2, 0.25) is 11.8 Å². The van der Waals surface area contributed by atoms with Crippen molar-refractivity contribution >= 4 is 17.8 Å². The van der Waals surface area contributed by atoms with Gasteiger partial charge in [-0.2, -0.15) is 0 Å². The third kappa shape index (κ3) is 2.44. The van der Waals surface area contributed by atoms with Gasteiger partial charge in [0, 0.05) is 19.1 Å². The van der Waals surface area contributed by atoms with Gasteiger partial charge in [0.1, 0.15) is 5.41 Å². The molecule has 1 saturated heterocycles. The van der Waals surface area contributed by atoms with Crippen molar-refractivity contribution in [2.24, 2.45) is 5.41 Å². The lowest BCUT2D eigenvalue weighted by Gasteiger charge is -2.37. The maximum atomic E-state index is 12.6. The van der Waals surface area contributed by atoms with E-state index in [9.17, 15) is 14.4 Å². The lowest BCUT2D eigenvalue weighted by Crippen LogP contribution is -2.63. The first kappa shape index (κ1) is 15.0. The molecule has 20 heavy (non-hydrogen) atoms. The number of carbonyl (C=O) groups is 3. The van der Waals surface area contributed by atoms with E-state index in [0.717, 1.165) is 12.8 Å². The molecule has 4 amide bonds. The molecular formula is C14H23N3O3. The van der Waals surface area contributed by atoms with Crippen molar-refractivity contribution in [1.82, 2.24) is 15.1 Å². The second-order valence-corrected chi connectivity index (χ2v) is 6.08. The molecule has 0 radical (unpaired) electrons. The van der Waals surface area contributed by atoms with Crippen LogP contribution in [-0.2, 0) is 9.59 Å². The first-order valence-corrected chi connectivity index (χ1v) is 7.26. The molecule has 0 bridgehead atoms. The Balaban J connectivity index is 2.10. The summed E-state index contributed by atoms with van der Waals surface area (Å²) in [6.45, 7) is 5.05. The summed E-state index contributed by atoms with van der Waals surface area (Å²) in [7, 11) is 1.95. The Bertz CT molecular complexity index is 427. The average molecular weight is 281 g/mol. The summed E-state index contributed by atoms with van der Waals surface area (Å²) in [5, 5.41) is 2.35. The lowest BCUT2D eigenvalue weighted by molar-refractivity contribution is -0.151. The smallest absolute Gasteiger partial charge is 0.302 e. The zero-order valence-corrected chi connectivity index (χ0v) is 12.4. The van der Waals surface area contributed by atoms with Crippen LogP contribution in [0, 0.1) is 5.41 Å². The molecule has 0 aromatic rings. The van der Waals surface area contributed by atoms with E-state index < -0.39 is 17.4 Å². The van der Waals surface area contributed by atoms with Crippen molar-refractivity contribution in [3.05, 3.63) is 0 Å². The number of hydrogen-bond donors (Lipinski definition) is 1. The first-order chi connectivity index (χ1) is 9.38. The summed E-state index contributed by atoms with van der Waals surface area (Å²) in [4.78, 5) is 39.8. The van der Waals surface area contributed by atoms with Crippen LogP contribution >= 0.6 is 0 Å². The summed E-state index contributed by atoms with van der Waals surface area (Å²) in [6, 6.07) is -0.227. The number of urea groups is 1. The number of likely N-dealkylation sites (N-methyl/N-ethyl adjacent to an activating group) is 1. The summed E-state index contributed by atoms with van der Waals surface area (Å²) in [5.74, 6) is -0.709. The lowest BCUT2D eigenvalue weighted by atomic mass is 9.82. The average Bonchev–Trinajstić information content (AvgIpc) is 2.87. The molecule has 0 atom stereocenters. The molecule has 6 nitrogen and oxygen atoms in total. The Labute approximate surface area is 119 Å². The third-order valence-electron chi connectivity index (χ3n) is 4.57. The zero-order valence-electron chi connectivity index (χ0n) is 12.4. The van der Waals surface area contributed by atoms with Crippen molar-refractivity contribution in [2.45, 2.75) is 45.6 Å². The van der Waals surface area contributed by atoms with Crippen molar-refractivity contribution < 1.29 is 14.4 Å². The predicted molar refractivity (Wildman–Crippen MR) is 73.9 cm³/mol. The van der Waals surface area contributed by atoms with Crippen LogP contribution in [0.5, 0.6) is 0 Å². The first-order valence-electron chi connectivity index (χ1n) is 7.26. The molecular weight excluding hydrogens is 258 g/mol. The second-order valence-electron chi connectivity index (χ2n) is 6.08. The molecule has 0 aromatic carbocycles. The van der Waals surface area contributed by atoms with Crippen LogP contribution < -0.4 is 5.32 Å². The Morgan fingerprint density at radius 1 is 1.25 bits per heavy atom. The number of nitrogens with one attached hydrogen (secondary N) is 1. The van der Waals surface area contributed by atoms with Gasteiger partial charge >= 0.3 is 6.03 Å². The van der Waals surface area contributed by atoms with Gasteiger partial charge in [0.05, 0.1) is 0 Å². The molecule has 0 aromatic heterocycles. The van der Waals surface area contributed by atoms with Crippen molar-refractivity contribution in [2.75, 3.05) is 20.1 Å². The SMILES string of the molecule is CC(C)N(C)CCN1C(=O)NC(=O)C2(CCCC2)C1=O. The molecule has 1 N–H and O–H groups in total. The minimum atomic E-state index is -0.982. The highest BCUT2D eigenvalue weighted by atomic mass is 16.2. The van der Waals surface area contributed by atoms with Gasteiger partial charge in [-0.25, -0.2) is 4.79 Å². The Hall–Kier alpha value is -1.43. The number of rotatable bonds is 4. The Kier molecular flexibility index (Phi) is 4.13. The van der Waals surface area contributed by atoms with Crippen LogP contribution in [0.1, 0.15) is 39.5 Å². The van der Waals surface area contributed by atoms with Crippen LogP contribution in [0.4, 0.5) is 4.79 Å². The highest BCUT2D eigenvalue weighted by Crippen LogP contribution is 2.41. The van der Waals surface area contributed by atoms with E-state index in [1.54, 1.807) is 0 Å². The standard InChI is InChI=1S/C14H23N3O3/c1-10(2)16(3)8-9-17-12(19)14(6-4-5-7-14)11(18)15-13(17)20/h10H,4-9H2,1-3H3,(H,15,18,20). The fourth-order valence-corrected chi connectivity index (χ4v) is 2.87. The minimum absolute atomic E-state index is 0.305. The summed E-state index contributed by atoms with van der Waals surface area (Å²) in [6.07, 6.45) is 2.85. The molecule has 6 heteroatoms. The van der Waals surface area contributed by atoms with Gasteiger partial charge in [-0.05, 0) is 33.7 Å². The normalized spacial score (nSPS) is 22.2. The Morgan fingerprint density at radius 2 is 1.85 bits per heavy atom. The Morgan fingerprint density at radius 3 is 2.40 bits per heavy atom. The second kappa shape index (κ2) is 5.52. The maximum absolute atomic E-state index is 12.6. The van der Waals surface area contributed by atoms with Crippen LogP contribution in [0.3, 0.4) is 0 Å². The van der Waals surface area contributed by atoms with Crippen LogP contribution in [-0.4, -0.2) is 53.8 Å². The largest absolute Gasteiger partial charge is 0.330 e. The number of carbonyl (C=O) groups excluding carboxylic acids is 3. The third-order valence-corrected chi connectivity index (χ3v) is 4.57.